The van der Waals surface area contributed by atoms with Crippen LogP contribution in [-0.4, -0.2) is 39.9 Å². The van der Waals surface area contributed by atoms with Crippen molar-refractivity contribution in [1.82, 2.24) is 0 Å². The Hall–Kier alpha value is -3.98. The number of ketones is 4. The molecule has 0 saturated heterocycles. The highest BCUT2D eigenvalue weighted by atomic mass is 19.1. The van der Waals surface area contributed by atoms with Crippen LogP contribution in [0.2, 0.25) is 0 Å². The summed E-state index contributed by atoms with van der Waals surface area (Å²) in [5, 5.41) is 10.5. The van der Waals surface area contributed by atoms with Crippen molar-refractivity contribution in [2.24, 2.45) is 96.1 Å². The van der Waals surface area contributed by atoms with Crippen LogP contribution in [0.5, 0.6) is 0 Å². The first-order valence-electron chi connectivity index (χ1n) is 28.1. The Bertz CT molecular complexity index is 2550. The number of hydrogen-bond donors (Lipinski definition) is 1. The van der Waals surface area contributed by atoms with Crippen molar-refractivity contribution in [3.8, 4) is 0 Å². The number of carboxylic acid groups (broad SMARTS) is 1. The van der Waals surface area contributed by atoms with E-state index in [9.17, 15) is 29.1 Å². The molecule has 382 valence electrons. The molecule has 0 aliphatic heterocycles. The Morgan fingerprint density at radius 1 is 0.600 bits per heavy atom. The van der Waals surface area contributed by atoms with Gasteiger partial charge in [-0.3, -0.25) is 14.4 Å². The van der Waals surface area contributed by atoms with Gasteiger partial charge in [-0.15, -0.1) is 0 Å². The van der Waals surface area contributed by atoms with E-state index in [-0.39, 0.29) is 114 Å². The first kappa shape index (κ1) is 50.9. The van der Waals surface area contributed by atoms with Crippen molar-refractivity contribution in [2.75, 3.05) is 0 Å². The largest absolute Gasteiger partial charge is 0.481 e. The fourth-order valence-electron chi connectivity index (χ4n) is 18.8. The van der Waals surface area contributed by atoms with Crippen LogP contribution in [0, 0.1) is 109 Å². The monoisotopic (exact) mass is 965 g/mol. The zero-order chi connectivity index (χ0) is 54.0. The topological polar surface area (TPSA) is 114 Å². The molecule has 0 bridgehead atoms. The van der Waals surface area contributed by atoms with Gasteiger partial charge in [0, 0.05) is 43.2 Å². The third-order valence-corrected chi connectivity index (χ3v) is 23.3. The van der Waals surface area contributed by atoms with E-state index < -0.39 is 27.9 Å². The second kappa shape index (κ2) is 16.5. The molecule has 0 heterocycles. The van der Waals surface area contributed by atoms with Gasteiger partial charge in [-0.1, -0.05) is 121 Å². The molecule has 9 heteroatoms. The Morgan fingerprint density at radius 2 is 0.971 bits per heavy atom. The van der Waals surface area contributed by atoms with Crippen molar-refractivity contribution in [2.45, 2.75) is 193 Å². The highest BCUT2D eigenvalue weighted by molar-refractivity contribution is 6.02. The maximum absolute atomic E-state index is 16.3. The molecule has 70 heavy (non-hydrogen) atoms. The van der Waals surface area contributed by atoms with Crippen molar-refractivity contribution in [1.29, 1.82) is 0 Å². The lowest BCUT2D eigenvalue weighted by Crippen LogP contribution is -2.65. The van der Waals surface area contributed by atoms with Gasteiger partial charge in [0.05, 0.1) is 18.6 Å². The van der Waals surface area contributed by atoms with Crippen LogP contribution in [0.1, 0.15) is 191 Å². The highest BCUT2D eigenvalue weighted by Gasteiger charge is 2.72. The van der Waals surface area contributed by atoms with Crippen LogP contribution in [0.3, 0.4) is 0 Å². The summed E-state index contributed by atoms with van der Waals surface area (Å²) in [4.78, 5) is 73.7. The van der Waals surface area contributed by atoms with Crippen LogP contribution in [0.25, 0.3) is 9.69 Å². The molecular weight excluding hydrogens is 876 g/mol. The van der Waals surface area contributed by atoms with Gasteiger partial charge in [-0.2, -0.15) is 0 Å². The molecule has 0 aromatic carbocycles. The number of carbonyl (C=O) groups excluding carboxylic acids is 4. The third kappa shape index (κ3) is 6.90. The Morgan fingerprint density at radius 3 is 1.40 bits per heavy atom. The fourth-order valence-corrected chi connectivity index (χ4v) is 18.8. The molecule has 1 N–H and O–H groups in total. The molecule has 16 atom stereocenters. The molecule has 10 aliphatic carbocycles. The Balaban J connectivity index is 0.000000198. The average molecular weight is 965 g/mol. The number of allylic oxidation sites excluding steroid dienone is 8. The van der Waals surface area contributed by atoms with E-state index in [2.05, 4.69) is 78.9 Å². The van der Waals surface area contributed by atoms with Gasteiger partial charge in [0.1, 0.15) is 5.67 Å². The van der Waals surface area contributed by atoms with Crippen molar-refractivity contribution < 1.29 is 36.2 Å². The lowest BCUT2D eigenvalue weighted by molar-refractivity contribution is -0.188. The number of halogens is 1. The molecule has 0 aromatic heterocycles. The van der Waals surface area contributed by atoms with Crippen LogP contribution in [-0.2, 0) is 24.0 Å². The molecule has 6 fully saturated rings. The minimum Gasteiger partial charge on any atom is -0.481 e. The van der Waals surface area contributed by atoms with Crippen LogP contribution in [0.4, 0.5) is 4.39 Å². The maximum Gasteiger partial charge on any atom is 0.309 e. The van der Waals surface area contributed by atoms with E-state index in [0.29, 0.717) is 25.7 Å². The van der Waals surface area contributed by atoms with Crippen molar-refractivity contribution in [3.05, 3.63) is 69.7 Å². The summed E-state index contributed by atoms with van der Waals surface area (Å²) >= 11 is 0. The molecule has 0 unspecified atom stereocenters. The zero-order valence-electron chi connectivity index (χ0n) is 47.1. The summed E-state index contributed by atoms with van der Waals surface area (Å²) < 4.78 is 27.8. The summed E-state index contributed by atoms with van der Waals surface area (Å²) in [6.45, 7) is 41.3. The molecular formula is C61H85FN2O6. The Labute approximate surface area is 423 Å². The highest BCUT2D eigenvalue weighted by Crippen LogP contribution is 2.75. The minimum atomic E-state index is -1.24. The van der Waals surface area contributed by atoms with Gasteiger partial charge in [0.25, 0.3) is 0 Å². The van der Waals surface area contributed by atoms with E-state index >= 15 is 4.39 Å². The first-order valence-corrected chi connectivity index (χ1v) is 26.1. The zero-order valence-corrected chi connectivity index (χ0v) is 45.1. The number of fused-ring (bicyclic) bond motifs is 14. The number of aliphatic carboxylic acids is 1. The van der Waals surface area contributed by atoms with Gasteiger partial charge in [0.15, 0.2) is 23.1 Å². The summed E-state index contributed by atoms with van der Waals surface area (Å²) in [5.41, 5.74) is -1.60. The number of rotatable bonds is 1. The van der Waals surface area contributed by atoms with E-state index in [1.807, 2.05) is 38.2 Å². The lowest BCUT2D eigenvalue weighted by atomic mass is 9.35. The van der Waals surface area contributed by atoms with Gasteiger partial charge >= 0.3 is 5.97 Å². The van der Waals surface area contributed by atoms with Gasteiger partial charge in [0.2, 0.25) is 11.4 Å². The van der Waals surface area contributed by atoms with Crippen molar-refractivity contribution >= 4 is 29.1 Å². The maximum atomic E-state index is 16.3. The lowest BCUT2D eigenvalue weighted by Gasteiger charge is -2.68. The molecule has 0 spiro atoms. The number of alkyl halides is 1. The summed E-state index contributed by atoms with van der Waals surface area (Å²) in [5.74, 6) is -2.02. The molecule has 10 rings (SSSR count). The smallest absolute Gasteiger partial charge is 0.309 e. The van der Waals surface area contributed by atoms with Crippen LogP contribution >= 0.6 is 0 Å². The van der Waals surface area contributed by atoms with Gasteiger partial charge < -0.3 is 14.7 Å². The summed E-state index contributed by atoms with van der Waals surface area (Å²) in [7, 11) is 2.50. The molecule has 10 aliphatic rings. The quantitative estimate of drug-likeness (QED) is 0.262. The number of Topliss-reactive ketones (excluding diaryl/α,β-unsaturated/α-hetero) is 2. The van der Waals surface area contributed by atoms with Crippen LogP contribution in [0.15, 0.2) is 46.8 Å². The van der Waals surface area contributed by atoms with E-state index in [1.54, 1.807) is 0 Å². The fraction of sp³-hybridized carbons (Fsp3) is 0.754. The molecule has 0 amide bonds. The average Bonchev–Trinajstić information content (AvgIpc) is 3.32. The summed E-state index contributed by atoms with van der Waals surface area (Å²) in [6, 6.07) is 0. The van der Waals surface area contributed by atoms with E-state index in [1.165, 1.54) is 14.8 Å². The molecule has 8 nitrogen and oxygen atoms in total. The van der Waals surface area contributed by atoms with E-state index in [4.69, 9.17) is 15.9 Å². The van der Waals surface area contributed by atoms with Crippen molar-refractivity contribution in [3.63, 3.8) is 0 Å². The Kier molecular flexibility index (Phi) is 12.0. The predicted octanol–water partition coefficient (Wildman–Crippen LogP) is 14.4. The standard InChI is InChI=1S/C30H39NO4.C29H38FNO2.2CH4/c1-17-18-8-9-28(5)22(27(18,4)16-20(31-7)24(17)33)14-21(32)23-19-15-26(2,3)10-12-30(19,25(34)35)13-11-29(23,28)6;1-17-18-8-9-27(5)22(26(18,4)16-20(31-7)24(17)33)14-21(32)23-19-15-25(2,3)10-12-29(19,30)13-11-28(23,27)6;;/h14,16-19,23H,8-13,15H2,1-6H3,(H,34,35);14,16-19,23H,8-13,15H2,1-6H3;2*1H4/t17-,18-,19-,23-,27-,28+,29+,30-;17-,18-,19-,23-,26-,27+,28+,29-;;/m00../s1/i;;2*1T. The number of carbonyl (C=O) groups is 5. The van der Waals surface area contributed by atoms with Gasteiger partial charge in [-0.25, -0.2) is 14.1 Å². The molecule has 6 saturated carbocycles. The second-order valence-corrected chi connectivity index (χ2v) is 27.3. The number of carboxylic acids is 1. The number of hydrogen-bond acceptors (Lipinski definition) is 5. The van der Waals surface area contributed by atoms with Crippen LogP contribution < -0.4 is 0 Å². The first-order chi connectivity index (χ1) is 33.4. The SMILES string of the molecule is [3H]C.[3H]C.[C-]#[N+]C1=C[C@]2(C)C3=CC(=O)[C@@H]4[C@@H]5CC(C)(C)CC[C@]5(C(=O)O)CC[C@@]4(C)[C@]3(C)CC[C@H]2[C@H](C)C1=O.[C-]#[N+]C1=C[C@]2(C)C3=CC(=O)[C@@H]4[C@@H]5CC(C)(C)CC[C@]5(F)CC[C@@]4(C)[C@]3(C)CC[C@H]2[C@H](C)C1=O. The predicted molar refractivity (Wildman–Crippen MR) is 273 cm³/mol. The summed E-state index contributed by atoms with van der Waals surface area (Å²) in [6.07, 6.45) is 18.1. The molecule has 0 aromatic rings. The normalized spacial score (nSPS) is 48.2. The van der Waals surface area contributed by atoms with Gasteiger partial charge in [-0.05, 0) is 152 Å². The molecule has 0 radical (unpaired) electrons. The number of nitrogens with zero attached hydrogens (tertiary/aromatic N) is 2. The second-order valence-electron chi connectivity index (χ2n) is 27.3. The van der Waals surface area contributed by atoms with E-state index in [0.717, 1.165) is 75.4 Å². The minimum absolute atomic E-state index is 0.0170. The third-order valence-electron chi connectivity index (χ3n) is 23.3.